The molecule has 0 radical (unpaired) electrons. The number of anilines is 1. The summed E-state index contributed by atoms with van der Waals surface area (Å²) in [4.78, 5) is 29.1. The number of para-hydroxylation sites is 1. The van der Waals surface area contributed by atoms with Gasteiger partial charge in [-0.15, -0.1) is 0 Å². The summed E-state index contributed by atoms with van der Waals surface area (Å²) in [6.07, 6.45) is 1.41. The minimum absolute atomic E-state index is 0.0313. The average molecular weight is 284 g/mol. The van der Waals surface area contributed by atoms with Crippen LogP contribution in [0.15, 0.2) is 42.6 Å². The molecule has 6 nitrogen and oxygen atoms in total. The van der Waals surface area contributed by atoms with Crippen molar-refractivity contribution in [3.8, 4) is 5.75 Å². The number of carbonyl (C=O) groups excluding carboxylic acids is 1. The number of nitrogens with zero attached hydrogens (tertiary/aromatic N) is 2. The van der Waals surface area contributed by atoms with E-state index in [2.05, 4.69) is 4.98 Å². The van der Waals surface area contributed by atoms with Crippen LogP contribution in [0.2, 0.25) is 0 Å². The highest BCUT2D eigenvalue weighted by Crippen LogP contribution is 2.37. The van der Waals surface area contributed by atoms with Gasteiger partial charge in [-0.25, -0.2) is 4.98 Å². The number of amides is 1. The molecule has 0 saturated heterocycles. The lowest BCUT2D eigenvalue weighted by molar-refractivity contribution is -0.138. The molecule has 0 bridgehead atoms. The number of rotatable bonds is 2. The highest BCUT2D eigenvalue weighted by atomic mass is 16.4. The molecule has 2 heterocycles. The van der Waals surface area contributed by atoms with E-state index in [0.717, 1.165) is 0 Å². The number of carboxylic acids is 1. The number of aliphatic carboxylic acids is 1. The SMILES string of the molecule is O=C(O)C1CN(C(=O)c2ncccc2O)c2ccccc21. The number of carbonyl (C=O) groups is 2. The van der Waals surface area contributed by atoms with E-state index in [4.69, 9.17) is 0 Å². The van der Waals surface area contributed by atoms with Gasteiger partial charge in [-0.05, 0) is 23.8 Å². The van der Waals surface area contributed by atoms with Gasteiger partial charge in [-0.2, -0.15) is 0 Å². The van der Waals surface area contributed by atoms with Crippen LogP contribution in [-0.2, 0) is 4.79 Å². The van der Waals surface area contributed by atoms with Crippen LogP contribution in [0.5, 0.6) is 5.75 Å². The Balaban J connectivity index is 2.03. The van der Waals surface area contributed by atoms with E-state index in [0.29, 0.717) is 11.3 Å². The monoisotopic (exact) mass is 284 g/mol. The molecule has 2 N–H and O–H groups in total. The fourth-order valence-corrected chi connectivity index (χ4v) is 2.50. The molecule has 1 amide bonds. The molecule has 0 aliphatic carbocycles. The predicted octanol–water partition coefficient (Wildman–Crippen LogP) is 1.62. The summed E-state index contributed by atoms with van der Waals surface area (Å²) in [7, 11) is 0. The Kier molecular flexibility index (Phi) is 3.06. The van der Waals surface area contributed by atoms with Crippen molar-refractivity contribution < 1.29 is 19.8 Å². The van der Waals surface area contributed by atoms with Gasteiger partial charge in [-0.1, -0.05) is 18.2 Å². The molecule has 1 aliphatic heterocycles. The first-order valence-electron chi connectivity index (χ1n) is 6.37. The minimum atomic E-state index is -0.983. The van der Waals surface area contributed by atoms with Crippen LogP contribution in [0.4, 0.5) is 5.69 Å². The second-order valence-corrected chi connectivity index (χ2v) is 4.74. The van der Waals surface area contributed by atoms with Gasteiger partial charge in [0.2, 0.25) is 0 Å². The molecule has 2 aromatic rings. The van der Waals surface area contributed by atoms with Crippen LogP contribution in [0.1, 0.15) is 22.0 Å². The van der Waals surface area contributed by atoms with E-state index in [9.17, 15) is 19.8 Å². The highest BCUT2D eigenvalue weighted by Gasteiger charge is 2.37. The topological polar surface area (TPSA) is 90.7 Å². The van der Waals surface area contributed by atoms with Crippen LogP contribution in [0.25, 0.3) is 0 Å². The molecular formula is C15H12N2O4. The summed E-state index contributed by atoms with van der Waals surface area (Å²) >= 11 is 0. The van der Waals surface area contributed by atoms with Gasteiger partial charge < -0.3 is 15.1 Å². The third kappa shape index (κ3) is 2.10. The summed E-state index contributed by atoms with van der Waals surface area (Å²) in [6, 6.07) is 9.75. The third-order valence-electron chi connectivity index (χ3n) is 3.50. The van der Waals surface area contributed by atoms with Gasteiger partial charge >= 0.3 is 5.97 Å². The zero-order valence-corrected chi connectivity index (χ0v) is 10.9. The first-order chi connectivity index (χ1) is 10.1. The molecule has 1 aromatic carbocycles. The molecule has 1 aliphatic rings. The van der Waals surface area contributed by atoms with Crippen LogP contribution >= 0.6 is 0 Å². The van der Waals surface area contributed by atoms with Crippen LogP contribution in [0, 0.1) is 0 Å². The van der Waals surface area contributed by atoms with Gasteiger partial charge in [-0.3, -0.25) is 9.59 Å². The van der Waals surface area contributed by atoms with E-state index in [1.807, 2.05) is 0 Å². The maximum Gasteiger partial charge on any atom is 0.312 e. The van der Waals surface area contributed by atoms with Crippen molar-refractivity contribution in [1.82, 2.24) is 4.98 Å². The maximum atomic E-state index is 12.5. The van der Waals surface area contributed by atoms with Crippen molar-refractivity contribution in [2.24, 2.45) is 0 Å². The summed E-state index contributed by atoms with van der Waals surface area (Å²) in [6.45, 7) is 0.0313. The molecular weight excluding hydrogens is 272 g/mol. The van der Waals surface area contributed by atoms with Gasteiger partial charge in [0.1, 0.15) is 11.7 Å². The van der Waals surface area contributed by atoms with E-state index in [1.54, 1.807) is 24.3 Å². The predicted molar refractivity (Wildman–Crippen MR) is 74.4 cm³/mol. The largest absolute Gasteiger partial charge is 0.505 e. The van der Waals surface area contributed by atoms with Crippen molar-refractivity contribution >= 4 is 17.6 Å². The van der Waals surface area contributed by atoms with E-state index < -0.39 is 17.8 Å². The van der Waals surface area contributed by atoms with Crippen LogP contribution in [-0.4, -0.2) is 33.6 Å². The first kappa shape index (κ1) is 13.1. The van der Waals surface area contributed by atoms with E-state index in [-0.39, 0.29) is 18.0 Å². The molecule has 0 fully saturated rings. The lowest BCUT2D eigenvalue weighted by Gasteiger charge is -2.17. The summed E-state index contributed by atoms with van der Waals surface area (Å²) in [5.74, 6) is -2.48. The zero-order valence-electron chi connectivity index (χ0n) is 10.9. The fourth-order valence-electron chi connectivity index (χ4n) is 2.50. The second-order valence-electron chi connectivity index (χ2n) is 4.74. The first-order valence-corrected chi connectivity index (χ1v) is 6.37. The molecule has 6 heteroatoms. The van der Waals surface area contributed by atoms with Crippen molar-refractivity contribution in [2.75, 3.05) is 11.4 Å². The number of hydrogen-bond donors (Lipinski definition) is 2. The number of carboxylic acid groups (broad SMARTS) is 1. The van der Waals surface area contributed by atoms with Gasteiger partial charge in [0.05, 0.1) is 0 Å². The Bertz CT molecular complexity index is 729. The van der Waals surface area contributed by atoms with Crippen molar-refractivity contribution in [3.63, 3.8) is 0 Å². The van der Waals surface area contributed by atoms with Crippen molar-refractivity contribution in [2.45, 2.75) is 5.92 Å². The number of aromatic nitrogens is 1. The molecule has 21 heavy (non-hydrogen) atoms. The molecule has 1 aromatic heterocycles. The zero-order chi connectivity index (χ0) is 15.0. The number of fused-ring (bicyclic) bond motifs is 1. The lowest BCUT2D eigenvalue weighted by atomic mass is 10.0. The van der Waals surface area contributed by atoms with Crippen LogP contribution < -0.4 is 4.90 Å². The number of hydrogen-bond acceptors (Lipinski definition) is 4. The molecule has 106 valence electrons. The Labute approximate surface area is 120 Å². The second kappa shape index (κ2) is 4.90. The molecule has 0 spiro atoms. The molecule has 0 saturated carbocycles. The van der Waals surface area contributed by atoms with E-state index in [1.165, 1.54) is 23.2 Å². The smallest absolute Gasteiger partial charge is 0.312 e. The number of benzene rings is 1. The maximum absolute atomic E-state index is 12.5. The summed E-state index contributed by atoms with van der Waals surface area (Å²) in [5.41, 5.74) is 1.05. The lowest BCUT2D eigenvalue weighted by Crippen LogP contribution is -2.31. The Morgan fingerprint density at radius 1 is 1.19 bits per heavy atom. The van der Waals surface area contributed by atoms with Gasteiger partial charge in [0.25, 0.3) is 5.91 Å². The normalized spacial score (nSPS) is 16.6. The molecule has 1 unspecified atom stereocenters. The standard InChI is InChI=1S/C15H12N2O4/c18-12-6-3-7-16-13(12)14(19)17-8-10(15(20)21)9-4-1-2-5-11(9)17/h1-7,10,18H,8H2,(H,20,21). The van der Waals surface area contributed by atoms with Crippen molar-refractivity contribution in [3.05, 3.63) is 53.9 Å². The fraction of sp³-hybridized carbons (Fsp3) is 0.133. The Hall–Kier alpha value is -2.89. The highest BCUT2D eigenvalue weighted by molar-refractivity contribution is 6.09. The van der Waals surface area contributed by atoms with Crippen molar-refractivity contribution in [1.29, 1.82) is 0 Å². The number of pyridine rings is 1. The summed E-state index contributed by atoms with van der Waals surface area (Å²) < 4.78 is 0. The quantitative estimate of drug-likeness (QED) is 0.874. The third-order valence-corrected chi connectivity index (χ3v) is 3.50. The average Bonchev–Trinajstić information content (AvgIpc) is 2.87. The Morgan fingerprint density at radius 3 is 2.67 bits per heavy atom. The van der Waals surface area contributed by atoms with Gasteiger partial charge in [0.15, 0.2) is 5.69 Å². The van der Waals surface area contributed by atoms with E-state index >= 15 is 0 Å². The molecule has 1 atom stereocenters. The molecule has 3 rings (SSSR count). The van der Waals surface area contributed by atoms with Gasteiger partial charge in [0, 0.05) is 18.4 Å². The number of aromatic hydroxyl groups is 1. The minimum Gasteiger partial charge on any atom is -0.505 e. The summed E-state index contributed by atoms with van der Waals surface area (Å²) in [5, 5.41) is 19.0. The van der Waals surface area contributed by atoms with Crippen LogP contribution in [0.3, 0.4) is 0 Å². The Morgan fingerprint density at radius 2 is 1.95 bits per heavy atom.